The van der Waals surface area contributed by atoms with Gasteiger partial charge in [-0.1, -0.05) is 13.8 Å². The summed E-state index contributed by atoms with van der Waals surface area (Å²) in [7, 11) is 0. The zero-order valence-corrected chi connectivity index (χ0v) is 12.0. The van der Waals surface area contributed by atoms with Crippen molar-refractivity contribution in [3.8, 4) is 0 Å². The van der Waals surface area contributed by atoms with Gasteiger partial charge in [0.25, 0.3) is 5.69 Å². The summed E-state index contributed by atoms with van der Waals surface area (Å²) in [5, 5.41) is 14.2. The number of anilines is 2. The zero-order chi connectivity index (χ0) is 14.3. The molecule has 0 aromatic heterocycles. The predicted octanol–water partition coefficient (Wildman–Crippen LogP) is 3.65. The number of nitrogens with zero attached hydrogens (tertiary/aromatic N) is 2. The molecule has 0 aliphatic carbocycles. The van der Waals surface area contributed by atoms with Crippen LogP contribution >= 0.6 is 0 Å². The molecule has 0 saturated heterocycles. The fraction of sp³-hybridized carbons (Fsp3) is 0.571. The molecular formula is C14H23N3O2. The lowest BCUT2D eigenvalue weighted by Gasteiger charge is -2.23. The van der Waals surface area contributed by atoms with Crippen LogP contribution < -0.4 is 10.2 Å². The molecule has 0 atom stereocenters. The minimum Gasteiger partial charge on any atom is -0.385 e. The van der Waals surface area contributed by atoms with E-state index in [2.05, 4.69) is 31.0 Å². The van der Waals surface area contributed by atoms with Gasteiger partial charge in [-0.3, -0.25) is 10.1 Å². The molecule has 1 aromatic rings. The second-order valence-electron chi connectivity index (χ2n) is 4.50. The Kier molecular flexibility index (Phi) is 6.12. The van der Waals surface area contributed by atoms with Gasteiger partial charge in [0, 0.05) is 43.1 Å². The second kappa shape index (κ2) is 7.61. The van der Waals surface area contributed by atoms with Gasteiger partial charge in [0.15, 0.2) is 0 Å². The highest BCUT2D eigenvalue weighted by Gasteiger charge is 2.13. The Hall–Kier alpha value is -1.78. The summed E-state index contributed by atoms with van der Waals surface area (Å²) < 4.78 is 0. The van der Waals surface area contributed by atoms with Crippen LogP contribution in [-0.4, -0.2) is 24.6 Å². The molecule has 5 nitrogen and oxygen atoms in total. The average molecular weight is 265 g/mol. The molecule has 0 aliphatic rings. The first-order valence-electron chi connectivity index (χ1n) is 6.90. The minimum atomic E-state index is -0.333. The van der Waals surface area contributed by atoms with E-state index in [1.165, 1.54) is 0 Å². The van der Waals surface area contributed by atoms with Crippen molar-refractivity contribution in [3.63, 3.8) is 0 Å². The van der Waals surface area contributed by atoms with E-state index in [0.717, 1.165) is 43.9 Å². The van der Waals surface area contributed by atoms with Gasteiger partial charge in [-0.2, -0.15) is 0 Å². The van der Waals surface area contributed by atoms with Gasteiger partial charge < -0.3 is 10.2 Å². The summed E-state index contributed by atoms with van der Waals surface area (Å²) in [4.78, 5) is 12.8. The van der Waals surface area contributed by atoms with Crippen molar-refractivity contribution in [3.05, 3.63) is 28.3 Å². The van der Waals surface area contributed by atoms with Crippen LogP contribution in [0.4, 0.5) is 17.1 Å². The Morgan fingerprint density at radius 2 is 1.95 bits per heavy atom. The van der Waals surface area contributed by atoms with Crippen molar-refractivity contribution in [1.82, 2.24) is 0 Å². The molecule has 19 heavy (non-hydrogen) atoms. The summed E-state index contributed by atoms with van der Waals surface area (Å²) in [5.74, 6) is 0. The Bertz CT molecular complexity index is 421. The summed E-state index contributed by atoms with van der Waals surface area (Å²) >= 11 is 0. The summed E-state index contributed by atoms with van der Waals surface area (Å²) in [6, 6.07) is 5.23. The molecule has 0 heterocycles. The largest absolute Gasteiger partial charge is 0.385 e. The van der Waals surface area contributed by atoms with E-state index in [9.17, 15) is 10.1 Å². The quantitative estimate of drug-likeness (QED) is 0.575. The first-order chi connectivity index (χ1) is 9.12. The van der Waals surface area contributed by atoms with Gasteiger partial charge in [-0.15, -0.1) is 0 Å². The van der Waals surface area contributed by atoms with Gasteiger partial charge in [0.05, 0.1) is 4.92 Å². The van der Waals surface area contributed by atoms with Crippen LogP contribution in [0.25, 0.3) is 0 Å². The standard InChI is InChI=1S/C14H23N3O2/c1-4-7-15-12-9-13(16(6-3)8-5-2)11-14(10-12)17(18)19/h9-11,15H,4-8H2,1-3H3. The van der Waals surface area contributed by atoms with Gasteiger partial charge in [0.2, 0.25) is 0 Å². The highest BCUT2D eigenvalue weighted by molar-refractivity contribution is 5.64. The van der Waals surface area contributed by atoms with Gasteiger partial charge >= 0.3 is 0 Å². The third-order valence-electron chi connectivity index (χ3n) is 2.93. The molecule has 0 radical (unpaired) electrons. The lowest BCUT2D eigenvalue weighted by atomic mass is 10.2. The lowest BCUT2D eigenvalue weighted by molar-refractivity contribution is -0.384. The minimum absolute atomic E-state index is 0.144. The molecule has 106 valence electrons. The van der Waals surface area contributed by atoms with Crippen molar-refractivity contribution in [2.24, 2.45) is 0 Å². The zero-order valence-electron chi connectivity index (χ0n) is 12.0. The Morgan fingerprint density at radius 3 is 2.47 bits per heavy atom. The fourth-order valence-corrected chi connectivity index (χ4v) is 1.99. The molecule has 0 unspecified atom stereocenters. The van der Waals surface area contributed by atoms with E-state index in [1.807, 2.05) is 6.07 Å². The van der Waals surface area contributed by atoms with E-state index >= 15 is 0 Å². The Morgan fingerprint density at radius 1 is 1.21 bits per heavy atom. The molecule has 0 saturated carbocycles. The van der Waals surface area contributed by atoms with Gasteiger partial charge in [0.1, 0.15) is 0 Å². The number of hydrogen-bond acceptors (Lipinski definition) is 4. The number of hydrogen-bond donors (Lipinski definition) is 1. The summed E-state index contributed by atoms with van der Waals surface area (Å²) in [5.41, 5.74) is 1.88. The van der Waals surface area contributed by atoms with Crippen LogP contribution in [0.2, 0.25) is 0 Å². The number of rotatable bonds is 8. The van der Waals surface area contributed by atoms with Crippen LogP contribution in [0, 0.1) is 10.1 Å². The van der Waals surface area contributed by atoms with E-state index in [4.69, 9.17) is 0 Å². The van der Waals surface area contributed by atoms with Crippen molar-refractivity contribution in [2.75, 3.05) is 29.9 Å². The van der Waals surface area contributed by atoms with Crippen LogP contribution in [0.15, 0.2) is 18.2 Å². The second-order valence-corrected chi connectivity index (χ2v) is 4.50. The van der Waals surface area contributed by atoms with Crippen molar-refractivity contribution < 1.29 is 4.92 Å². The van der Waals surface area contributed by atoms with Gasteiger partial charge in [-0.25, -0.2) is 0 Å². The molecule has 1 N–H and O–H groups in total. The number of benzene rings is 1. The monoisotopic (exact) mass is 265 g/mol. The SMILES string of the molecule is CCCNc1cc(N(CC)CCC)cc([N+](=O)[O-])c1. The smallest absolute Gasteiger partial charge is 0.273 e. The third-order valence-corrected chi connectivity index (χ3v) is 2.93. The Labute approximate surface area is 114 Å². The van der Waals surface area contributed by atoms with E-state index in [-0.39, 0.29) is 10.6 Å². The van der Waals surface area contributed by atoms with E-state index in [0.29, 0.717) is 0 Å². The van der Waals surface area contributed by atoms with Crippen LogP contribution in [0.5, 0.6) is 0 Å². The van der Waals surface area contributed by atoms with Gasteiger partial charge in [-0.05, 0) is 25.8 Å². The summed E-state index contributed by atoms with van der Waals surface area (Å²) in [6.45, 7) is 8.82. The molecule has 5 heteroatoms. The highest BCUT2D eigenvalue weighted by Crippen LogP contribution is 2.27. The maximum absolute atomic E-state index is 11.0. The molecule has 0 amide bonds. The van der Waals surface area contributed by atoms with Crippen molar-refractivity contribution in [2.45, 2.75) is 33.6 Å². The molecule has 1 rings (SSSR count). The average Bonchev–Trinajstić information content (AvgIpc) is 2.42. The van der Waals surface area contributed by atoms with E-state index < -0.39 is 0 Å². The maximum atomic E-state index is 11.0. The van der Waals surface area contributed by atoms with Crippen LogP contribution in [0.3, 0.4) is 0 Å². The lowest BCUT2D eigenvalue weighted by Crippen LogP contribution is -2.23. The molecule has 0 aliphatic heterocycles. The van der Waals surface area contributed by atoms with E-state index in [1.54, 1.807) is 12.1 Å². The predicted molar refractivity (Wildman–Crippen MR) is 80.1 cm³/mol. The Balaban J connectivity index is 3.07. The normalized spacial score (nSPS) is 10.3. The summed E-state index contributed by atoms with van der Waals surface area (Å²) in [6.07, 6.45) is 2.01. The number of nitro groups is 1. The first kappa shape index (κ1) is 15.3. The third kappa shape index (κ3) is 4.43. The highest BCUT2D eigenvalue weighted by atomic mass is 16.6. The molecule has 1 aromatic carbocycles. The first-order valence-corrected chi connectivity index (χ1v) is 6.90. The molecule has 0 bridgehead atoms. The maximum Gasteiger partial charge on any atom is 0.273 e. The molecule has 0 spiro atoms. The number of non-ortho nitro benzene ring substituents is 1. The van der Waals surface area contributed by atoms with Crippen LogP contribution in [0.1, 0.15) is 33.6 Å². The number of nitro benzene ring substituents is 1. The molecular weight excluding hydrogens is 242 g/mol. The van der Waals surface area contributed by atoms with Crippen molar-refractivity contribution >= 4 is 17.1 Å². The topological polar surface area (TPSA) is 58.4 Å². The molecule has 0 fully saturated rings. The number of nitrogens with one attached hydrogen (secondary N) is 1. The fourth-order valence-electron chi connectivity index (χ4n) is 1.99. The van der Waals surface area contributed by atoms with Crippen molar-refractivity contribution in [1.29, 1.82) is 0 Å². The van der Waals surface area contributed by atoms with Crippen LogP contribution in [-0.2, 0) is 0 Å².